The van der Waals surface area contributed by atoms with E-state index in [0.717, 1.165) is 0 Å². The Labute approximate surface area is 726 Å². The van der Waals surface area contributed by atoms with Gasteiger partial charge in [-0.25, -0.2) is 4.79 Å². The Bertz CT molecular complexity index is 5130. The number of H-pyrrole nitrogens is 4. The minimum Gasteiger partial charge on any atom is -0.481 e. The molecule has 666 valence electrons. The number of thiol groups is 2. The van der Waals surface area contributed by atoms with Gasteiger partial charge in [0.25, 0.3) is 0 Å². The molecular weight excluding hydrogens is 1670 g/mol. The maximum Gasteiger partial charge on any atom is 0.327 e. The lowest BCUT2D eigenvalue weighted by Crippen LogP contribution is -2.61. The number of thioether (sulfide) groups is 1. The van der Waals surface area contributed by atoms with E-state index in [1.807, 2.05) is 0 Å². The van der Waals surface area contributed by atoms with Gasteiger partial charge >= 0.3 is 17.9 Å². The molecule has 4 aromatic carbocycles. The number of aromatic nitrogens is 4. The number of para-hydroxylation sites is 4. The highest BCUT2D eigenvalue weighted by Crippen LogP contribution is 2.25. The molecule has 8 rings (SSSR count). The molecule has 0 aliphatic carbocycles. The average Bonchev–Trinajstić information content (AvgIpc) is 1.65. The van der Waals surface area contributed by atoms with Crippen molar-refractivity contribution in [3.05, 3.63) is 144 Å². The van der Waals surface area contributed by atoms with E-state index >= 15 is 19.2 Å². The molecule has 0 fully saturated rings. The zero-order valence-corrected chi connectivity index (χ0v) is 70.8. The van der Waals surface area contributed by atoms with E-state index < -0.39 is 213 Å². The summed E-state index contributed by atoms with van der Waals surface area (Å²) in [6.07, 6.45) is 3.99. The molecule has 0 aliphatic heterocycles. The van der Waals surface area contributed by atoms with Crippen LogP contribution in [0.25, 0.3) is 43.6 Å². The van der Waals surface area contributed by atoms with Gasteiger partial charge in [0.2, 0.25) is 70.9 Å². The molecule has 124 heavy (non-hydrogen) atoms. The Hall–Kier alpha value is -12.7. The Morgan fingerprint density at radius 2 is 0.734 bits per heavy atom. The number of rotatable bonds is 51. The van der Waals surface area contributed by atoms with Crippen molar-refractivity contribution in [2.45, 2.75) is 163 Å². The Morgan fingerprint density at radius 3 is 1.09 bits per heavy atom. The number of carbonyl (C=O) groups is 15. The number of aromatic amines is 4. The molecular formula is C82H106N20O19S3. The average molecular weight is 1770 g/mol. The van der Waals surface area contributed by atoms with Gasteiger partial charge in [-0.15, -0.1) is 0 Å². The van der Waals surface area contributed by atoms with Gasteiger partial charge in [-0.3, -0.25) is 72.5 Å². The fourth-order valence-corrected chi connectivity index (χ4v) is 14.6. The number of aliphatic hydroxyl groups is 1. The lowest BCUT2D eigenvalue weighted by Gasteiger charge is -2.28. The SMILES string of the molecule is CSCC[C@H](NC(=O)[C@@H](N)CS)C(=O)N[C@@H](CCCNC(=N)N)C(=O)NCC(=O)N[C@@H](CCC(=O)O)C(=O)N[C@@H](Cc1c[nH]c2ccccc12)C(=O)N[C@@H](CCC(=O)O)C(=O)N[C@@H](Cc1c[nH]c2ccccc12)C(=O)N[C@@H](CO)C(=O)N[C@@H](Cc1c[nH]c2ccccc12)C(=O)N[C@@H](Cc1c[nH]c2ccccc12)C(=O)N[C@@H](CC(C)C)C(=O)N[C@@H](CS)C(=O)O. The number of carboxylic acid groups (broad SMARTS) is 3. The van der Waals surface area contributed by atoms with E-state index in [1.54, 1.807) is 130 Å². The van der Waals surface area contributed by atoms with E-state index in [4.69, 9.17) is 16.9 Å². The fraction of sp³-hybridized carbons (Fsp3) is 0.415. The van der Waals surface area contributed by atoms with E-state index in [-0.39, 0.29) is 68.5 Å². The molecule has 0 aliphatic rings. The number of hydrogen-bond donors (Lipinski definition) is 26. The molecule has 12 atom stereocenters. The predicted octanol–water partition coefficient (Wildman–Crippen LogP) is -0.613. The number of fused-ring (bicyclic) bond motifs is 4. The van der Waals surface area contributed by atoms with E-state index in [9.17, 15) is 73.2 Å². The predicted molar refractivity (Wildman–Crippen MR) is 468 cm³/mol. The highest BCUT2D eigenvalue weighted by Gasteiger charge is 2.38. The van der Waals surface area contributed by atoms with Crippen LogP contribution in [-0.2, 0) is 97.6 Å². The zero-order chi connectivity index (χ0) is 90.3. The van der Waals surface area contributed by atoms with Crippen LogP contribution in [0, 0.1) is 11.3 Å². The topological polar surface area (TPSA) is 632 Å². The van der Waals surface area contributed by atoms with Crippen molar-refractivity contribution >= 4 is 175 Å². The molecule has 0 spiro atoms. The second-order valence-corrected chi connectivity index (χ2v) is 31.7. The first-order valence-electron chi connectivity index (χ1n) is 39.9. The third kappa shape index (κ3) is 28.7. The third-order valence-corrected chi connectivity index (χ3v) is 21.7. The molecule has 26 N–H and O–H groups in total. The Balaban J connectivity index is 1.06. The van der Waals surface area contributed by atoms with Gasteiger partial charge in [0, 0.05) is 125 Å². The van der Waals surface area contributed by atoms with Crippen LogP contribution in [0.15, 0.2) is 122 Å². The molecule has 0 unspecified atom stereocenters. The van der Waals surface area contributed by atoms with Crippen LogP contribution in [0.2, 0.25) is 0 Å². The molecule has 0 bridgehead atoms. The summed E-state index contributed by atoms with van der Waals surface area (Å²) in [5.74, 6) is -16.9. The number of carbonyl (C=O) groups excluding carboxylic acids is 12. The monoisotopic (exact) mass is 1770 g/mol. The quantitative estimate of drug-likeness (QED) is 0.00978. The number of nitrogens with one attached hydrogen (secondary N) is 18. The number of carboxylic acids is 3. The molecule has 4 aromatic heterocycles. The van der Waals surface area contributed by atoms with E-state index in [2.05, 4.69) is 114 Å². The van der Waals surface area contributed by atoms with Crippen LogP contribution in [-0.4, -0.2) is 251 Å². The first-order valence-corrected chi connectivity index (χ1v) is 42.6. The van der Waals surface area contributed by atoms with Crippen LogP contribution in [0.5, 0.6) is 0 Å². The summed E-state index contributed by atoms with van der Waals surface area (Å²) in [5, 5.41) is 84.1. The summed E-state index contributed by atoms with van der Waals surface area (Å²) in [5.41, 5.74) is 15.6. The molecule has 42 heteroatoms. The van der Waals surface area contributed by atoms with Gasteiger partial charge in [-0.05, 0) is 103 Å². The summed E-state index contributed by atoms with van der Waals surface area (Å²) in [7, 11) is 0. The first kappa shape index (κ1) is 96.8. The summed E-state index contributed by atoms with van der Waals surface area (Å²) in [6, 6.07) is 8.94. The number of benzene rings is 4. The van der Waals surface area contributed by atoms with Crippen LogP contribution in [0.1, 0.15) is 87.5 Å². The maximum absolute atomic E-state index is 15.3. The smallest absolute Gasteiger partial charge is 0.327 e. The molecule has 0 radical (unpaired) electrons. The molecule has 39 nitrogen and oxygen atoms in total. The van der Waals surface area contributed by atoms with Crippen molar-refractivity contribution in [1.29, 1.82) is 5.41 Å². The number of aliphatic hydroxyl groups excluding tert-OH is 1. The number of guanidine groups is 1. The molecule has 0 saturated heterocycles. The fourth-order valence-electron chi connectivity index (χ4n) is 13.7. The van der Waals surface area contributed by atoms with Crippen LogP contribution < -0.4 is 80.6 Å². The third-order valence-electron chi connectivity index (χ3n) is 20.3. The number of nitrogens with two attached hydrogens (primary N) is 2. The molecule has 8 aromatic rings. The van der Waals surface area contributed by atoms with Gasteiger partial charge in [0.05, 0.1) is 19.2 Å². The largest absolute Gasteiger partial charge is 0.481 e. The van der Waals surface area contributed by atoms with Gasteiger partial charge in [0.15, 0.2) is 5.96 Å². The van der Waals surface area contributed by atoms with Crippen LogP contribution in [0.3, 0.4) is 0 Å². The number of aliphatic carboxylic acids is 3. The zero-order valence-electron chi connectivity index (χ0n) is 68.2. The summed E-state index contributed by atoms with van der Waals surface area (Å²) in [6.45, 7) is 1.56. The van der Waals surface area contributed by atoms with Crippen molar-refractivity contribution < 1.29 is 92.3 Å². The Kier molecular flexibility index (Phi) is 37.2. The van der Waals surface area contributed by atoms with E-state index in [1.165, 1.54) is 24.2 Å². The first-order chi connectivity index (χ1) is 59.3. The summed E-state index contributed by atoms with van der Waals surface area (Å²) < 4.78 is 0. The second kappa shape index (κ2) is 47.7. The minimum atomic E-state index is -1.95. The second-order valence-electron chi connectivity index (χ2n) is 30.0. The van der Waals surface area contributed by atoms with Gasteiger partial charge in [-0.1, -0.05) is 86.6 Å². The summed E-state index contributed by atoms with van der Waals surface area (Å²) >= 11 is 9.51. The highest BCUT2D eigenvalue weighted by atomic mass is 32.2. The van der Waals surface area contributed by atoms with Crippen LogP contribution in [0.4, 0.5) is 0 Å². The van der Waals surface area contributed by atoms with Crippen LogP contribution >= 0.6 is 37.0 Å². The standard InChI is InChI=1S/C82H106N20O19S3/c1-42(2)29-60(75(114)102-66(41-123)81(120)121)96-77(116)62(31-44-35-88-53-18-9-5-14-48(44)53)99-78(117)63(32-45-36-89-54-19-10-6-15-49(45)54)100-80(119)65(39-103)101-79(118)64(33-46-37-90-55-20-11-7-16-50(46)55)98-73(112)58(23-25-69(107)108)95-76(115)61(30-43-34-87-52-17-8-4-13-47(43)52)97-72(111)57(22-24-68(105)106)92-67(104)38-91-71(110)56(21-12-27-86-82(84)85)94-74(113)59(26-28-124-3)93-70(109)51(83)40-122/h4-11,13-20,34-37,42,51,56-66,87-90,103,122-123H,12,21-33,38-41,83H2,1-3H3,(H,91,110)(H,92,104)(H,93,109)(H,94,113)(H,95,115)(H,96,116)(H,97,111)(H,98,112)(H,99,117)(H,100,119)(H,101,118)(H,102,114)(H,105,106)(H,107,108)(H,120,121)(H4,84,85,86)/t51-,56-,57-,58-,59-,60-,61-,62-,63-,64-,65-,66-/m0/s1. The van der Waals surface area contributed by atoms with Gasteiger partial charge in [-0.2, -0.15) is 37.0 Å². The van der Waals surface area contributed by atoms with E-state index in [0.29, 0.717) is 71.6 Å². The minimum absolute atomic E-state index is 0.0164. The van der Waals surface area contributed by atoms with Crippen molar-refractivity contribution in [2.75, 3.05) is 43.2 Å². The highest BCUT2D eigenvalue weighted by molar-refractivity contribution is 7.98. The normalized spacial score (nSPS) is 14.2. The lowest BCUT2D eigenvalue weighted by atomic mass is 9.99. The van der Waals surface area contributed by atoms with Gasteiger partial charge in [0.1, 0.15) is 66.5 Å². The van der Waals surface area contributed by atoms with Crippen molar-refractivity contribution in [2.24, 2.45) is 17.4 Å². The summed E-state index contributed by atoms with van der Waals surface area (Å²) in [4.78, 5) is 223. The molecule has 0 saturated carbocycles. The van der Waals surface area contributed by atoms with Gasteiger partial charge < -0.3 is 121 Å². The molecule has 12 amide bonds. The lowest BCUT2D eigenvalue weighted by molar-refractivity contribution is -0.142. The molecule has 4 heterocycles. The Morgan fingerprint density at radius 1 is 0.411 bits per heavy atom. The number of hydrogen-bond acceptors (Lipinski definition) is 21. The van der Waals surface area contributed by atoms with Crippen molar-refractivity contribution in [1.82, 2.24) is 89.1 Å². The maximum atomic E-state index is 15.3. The van der Waals surface area contributed by atoms with Crippen molar-refractivity contribution in [3.63, 3.8) is 0 Å². The number of amides is 12. The van der Waals surface area contributed by atoms with Crippen molar-refractivity contribution in [3.8, 4) is 0 Å².